The number of likely N-dealkylation sites (N-methyl/N-ethyl adjacent to an activating group) is 2. The van der Waals surface area contributed by atoms with Crippen LogP contribution in [-0.4, -0.2) is 55.4 Å². The molecule has 0 fully saturated rings. The molecule has 2 unspecified atom stereocenters. The third-order valence-corrected chi connectivity index (χ3v) is 4.90. The van der Waals surface area contributed by atoms with Crippen LogP contribution in [0.15, 0.2) is 34.9 Å². The van der Waals surface area contributed by atoms with Crippen LogP contribution in [0.25, 0.3) is 11.3 Å². The van der Waals surface area contributed by atoms with Crippen molar-refractivity contribution in [2.24, 2.45) is 11.8 Å². The van der Waals surface area contributed by atoms with Crippen LogP contribution in [0.3, 0.4) is 0 Å². The van der Waals surface area contributed by atoms with Crippen LogP contribution in [0.1, 0.15) is 51.0 Å². The molecule has 0 amide bonds. The van der Waals surface area contributed by atoms with Gasteiger partial charge in [-0.05, 0) is 50.9 Å². The van der Waals surface area contributed by atoms with Gasteiger partial charge in [0.1, 0.15) is 17.8 Å². The lowest BCUT2D eigenvalue weighted by molar-refractivity contribution is -0.112. The first-order chi connectivity index (χ1) is 14.7. The molecule has 1 N–H and O–H groups in total. The standard InChI is InChI=1S/C14H30N2O.C10H6FNO2/c1-11(2)7-13(15-5)9-16(6)14(10-17)8-12(3)4;11-9-4-2-1-3-8(9)10-5-7(6-13)12-14-10/h10-15H,7-9H2,1-6H3;1-6H. The topological polar surface area (TPSA) is 75.4 Å². The number of carbonyl (C=O) groups excluding carboxylic acids is 2. The average Bonchev–Trinajstić information content (AvgIpc) is 3.20. The third-order valence-electron chi connectivity index (χ3n) is 4.90. The first kappa shape index (κ1) is 26.7. The van der Waals surface area contributed by atoms with E-state index in [1.165, 1.54) is 12.1 Å². The molecule has 0 bridgehead atoms. The lowest BCUT2D eigenvalue weighted by Crippen LogP contribution is -2.44. The molecule has 0 spiro atoms. The molecule has 7 heteroatoms. The summed E-state index contributed by atoms with van der Waals surface area (Å²) in [7, 11) is 4.05. The van der Waals surface area contributed by atoms with Crippen molar-refractivity contribution >= 4 is 12.6 Å². The van der Waals surface area contributed by atoms with E-state index < -0.39 is 5.82 Å². The summed E-state index contributed by atoms with van der Waals surface area (Å²) in [6, 6.07) is 8.05. The first-order valence-corrected chi connectivity index (χ1v) is 10.7. The summed E-state index contributed by atoms with van der Waals surface area (Å²) < 4.78 is 18.0. The third kappa shape index (κ3) is 9.53. The predicted octanol–water partition coefficient (Wildman–Crippen LogP) is 4.46. The van der Waals surface area contributed by atoms with Gasteiger partial charge in [-0.25, -0.2) is 4.39 Å². The number of rotatable bonds is 11. The van der Waals surface area contributed by atoms with Gasteiger partial charge in [-0.3, -0.25) is 9.69 Å². The minimum atomic E-state index is -0.402. The SMILES string of the molecule is CNC(CC(C)C)CN(C)C(C=O)CC(C)C.O=Cc1cc(-c2ccccc2F)on1. The fraction of sp³-hybridized carbons (Fsp3) is 0.542. The molecule has 6 nitrogen and oxygen atoms in total. The van der Waals surface area contributed by atoms with Crippen molar-refractivity contribution in [2.75, 3.05) is 20.6 Å². The molecule has 0 aliphatic rings. The van der Waals surface area contributed by atoms with Crippen molar-refractivity contribution in [3.63, 3.8) is 0 Å². The number of aromatic nitrogens is 1. The van der Waals surface area contributed by atoms with Gasteiger partial charge in [0.2, 0.25) is 0 Å². The maximum absolute atomic E-state index is 13.2. The Bertz CT molecular complexity index is 792. The summed E-state index contributed by atoms with van der Waals surface area (Å²) in [6.07, 6.45) is 3.72. The number of nitrogens with zero attached hydrogens (tertiary/aromatic N) is 2. The molecule has 0 aliphatic carbocycles. The largest absolute Gasteiger partial charge is 0.355 e. The molecule has 0 radical (unpaired) electrons. The van der Waals surface area contributed by atoms with Crippen LogP contribution in [-0.2, 0) is 4.79 Å². The number of hydrogen-bond donors (Lipinski definition) is 1. The van der Waals surface area contributed by atoms with E-state index in [-0.39, 0.29) is 17.5 Å². The maximum Gasteiger partial charge on any atom is 0.171 e. The molecule has 172 valence electrons. The monoisotopic (exact) mass is 433 g/mol. The predicted molar refractivity (Wildman–Crippen MR) is 122 cm³/mol. The van der Waals surface area contributed by atoms with E-state index >= 15 is 0 Å². The minimum absolute atomic E-state index is 0.0537. The highest BCUT2D eigenvalue weighted by molar-refractivity contribution is 5.74. The second kappa shape index (κ2) is 13.8. The number of aldehydes is 2. The fourth-order valence-electron chi connectivity index (χ4n) is 3.29. The van der Waals surface area contributed by atoms with Gasteiger partial charge in [0, 0.05) is 18.7 Å². The number of nitrogens with one attached hydrogen (secondary N) is 1. The van der Waals surface area contributed by atoms with Crippen molar-refractivity contribution in [1.29, 1.82) is 0 Å². The van der Waals surface area contributed by atoms with Crippen molar-refractivity contribution in [1.82, 2.24) is 15.4 Å². The van der Waals surface area contributed by atoms with E-state index in [0.29, 0.717) is 29.7 Å². The van der Waals surface area contributed by atoms with Gasteiger partial charge in [-0.2, -0.15) is 0 Å². The van der Waals surface area contributed by atoms with Crippen LogP contribution < -0.4 is 5.32 Å². The van der Waals surface area contributed by atoms with Gasteiger partial charge in [0.15, 0.2) is 12.0 Å². The molecule has 1 aromatic carbocycles. The van der Waals surface area contributed by atoms with E-state index in [1.54, 1.807) is 18.2 Å². The molecular formula is C24H36FN3O3. The molecule has 0 aliphatic heterocycles. The highest BCUT2D eigenvalue weighted by Gasteiger charge is 2.19. The first-order valence-electron chi connectivity index (χ1n) is 10.7. The molecular weight excluding hydrogens is 397 g/mol. The normalized spacial score (nSPS) is 13.1. The second-order valence-corrected chi connectivity index (χ2v) is 8.60. The maximum atomic E-state index is 13.2. The van der Waals surface area contributed by atoms with E-state index in [4.69, 9.17) is 4.52 Å². The summed E-state index contributed by atoms with van der Waals surface area (Å²) in [6.45, 7) is 9.72. The van der Waals surface area contributed by atoms with E-state index in [2.05, 4.69) is 43.1 Å². The molecule has 0 saturated carbocycles. The highest BCUT2D eigenvalue weighted by Crippen LogP contribution is 2.22. The summed E-state index contributed by atoms with van der Waals surface area (Å²) in [5.74, 6) is 1.10. The molecule has 31 heavy (non-hydrogen) atoms. The summed E-state index contributed by atoms with van der Waals surface area (Å²) >= 11 is 0. The van der Waals surface area contributed by atoms with E-state index in [9.17, 15) is 14.0 Å². The van der Waals surface area contributed by atoms with Gasteiger partial charge in [0.05, 0.1) is 11.6 Å². The minimum Gasteiger partial charge on any atom is -0.355 e. The van der Waals surface area contributed by atoms with Crippen molar-refractivity contribution < 1.29 is 18.5 Å². The summed E-state index contributed by atoms with van der Waals surface area (Å²) in [5, 5.41) is 6.78. The van der Waals surface area contributed by atoms with Crippen LogP contribution in [0.4, 0.5) is 4.39 Å². The van der Waals surface area contributed by atoms with E-state index in [0.717, 1.165) is 25.7 Å². The van der Waals surface area contributed by atoms with Crippen molar-refractivity contribution in [2.45, 2.75) is 52.6 Å². The van der Waals surface area contributed by atoms with Gasteiger partial charge in [0.25, 0.3) is 0 Å². The Kier molecular flexibility index (Phi) is 11.9. The average molecular weight is 434 g/mol. The zero-order valence-corrected chi connectivity index (χ0v) is 19.5. The number of halogens is 1. The van der Waals surface area contributed by atoms with Crippen molar-refractivity contribution in [3.05, 3.63) is 41.8 Å². The smallest absolute Gasteiger partial charge is 0.171 e. The second-order valence-electron chi connectivity index (χ2n) is 8.60. The van der Waals surface area contributed by atoms with Gasteiger partial charge in [-0.1, -0.05) is 45.0 Å². The van der Waals surface area contributed by atoms with Crippen LogP contribution in [0.5, 0.6) is 0 Å². The van der Waals surface area contributed by atoms with E-state index in [1.807, 2.05) is 14.1 Å². The summed E-state index contributed by atoms with van der Waals surface area (Å²) in [4.78, 5) is 23.6. The highest BCUT2D eigenvalue weighted by atomic mass is 19.1. The zero-order valence-electron chi connectivity index (χ0n) is 19.5. The Morgan fingerprint density at radius 3 is 2.26 bits per heavy atom. The Balaban J connectivity index is 0.000000314. The zero-order chi connectivity index (χ0) is 23.4. The Morgan fingerprint density at radius 2 is 1.77 bits per heavy atom. The summed E-state index contributed by atoms with van der Waals surface area (Å²) in [5.41, 5.74) is 0.455. The van der Waals surface area contributed by atoms with Crippen LogP contribution >= 0.6 is 0 Å². The Labute approximate surface area is 185 Å². The quantitative estimate of drug-likeness (QED) is 0.528. The lowest BCUT2D eigenvalue weighted by Gasteiger charge is -2.29. The molecule has 2 rings (SSSR count). The Morgan fingerprint density at radius 1 is 1.13 bits per heavy atom. The molecule has 2 aromatic rings. The van der Waals surface area contributed by atoms with Crippen LogP contribution in [0.2, 0.25) is 0 Å². The lowest BCUT2D eigenvalue weighted by atomic mass is 10.0. The molecule has 0 saturated heterocycles. The molecule has 1 aromatic heterocycles. The Hall–Kier alpha value is -2.38. The number of carbonyl (C=O) groups is 2. The molecule has 2 atom stereocenters. The van der Waals surface area contributed by atoms with Crippen LogP contribution in [0, 0.1) is 17.7 Å². The molecule has 1 heterocycles. The van der Waals surface area contributed by atoms with Gasteiger partial charge in [-0.15, -0.1) is 0 Å². The fourth-order valence-corrected chi connectivity index (χ4v) is 3.29. The number of hydrogen-bond acceptors (Lipinski definition) is 6. The number of benzene rings is 1. The van der Waals surface area contributed by atoms with Gasteiger partial charge < -0.3 is 14.6 Å². The van der Waals surface area contributed by atoms with Crippen molar-refractivity contribution in [3.8, 4) is 11.3 Å². The van der Waals surface area contributed by atoms with Gasteiger partial charge >= 0.3 is 0 Å².